The van der Waals surface area contributed by atoms with Crippen LogP contribution in [0.1, 0.15) is 25.6 Å². The highest BCUT2D eigenvalue weighted by molar-refractivity contribution is 5.32. The van der Waals surface area contributed by atoms with Gasteiger partial charge in [-0.25, -0.2) is 4.98 Å². The molecule has 0 spiro atoms. The Morgan fingerprint density at radius 1 is 1.47 bits per heavy atom. The van der Waals surface area contributed by atoms with Crippen LogP contribution in [-0.4, -0.2) is 42.3 Å². The Morgan fingerprint density at radius 3 is 3.00 bits per heavy atom. The summed E-state index contributed by atoms with van der Waals surface area (Å²) in [6.07, 6.45) is 3.23. The van der Waals surface area contributed by atoms with Crippen LogP contribution in [0.15, 0.2) is 10.9 Å². The first-order valence-electron chi connectivity index (χ1n) is 6.94. The number of rotatable bonds is 6. The minimum Gasteiger partial charge on any atom is -0.376 e. The van der Waals surface area contributed by atoms with Gasteiger partial charge in [-0.05, 0) is 25.9 Å². The average Bonchev–Trinajstić information content (AvgIpc) is 2.44. The maximum Gasteiger partial charge on any atom is 0.252 e. The van der Waals surface area contributed by atoms with E-state index in [1.165, 1.54) is 6.07 Å². The van der Waals surface area contributed by atoms with E-state index in [0.717, 1.165) is 32.4 Å². The minimum atomic E-state index is -0.117. The molecule has 0 radical (unpaired) electrons. The van der Waals surface area contributed by atoms with Gasteiger partial charge in [-0.2, -0.15) is 0 Å². The molecule has 1 aromatic rings. The van der Waals surface area contributed by atoms with Crippen molar-refractivity contribution in [1.82, 2.24) is 15.3 Å². The molecule has 1 aromatic heterocycles. The summed E-state index contributed by atoms with van der Waals surface area (Å²) in [4.78, 5) is 18.4. The van der Waals surface area contributed by atoms with E-state index in [-0.39, 0.29) is 5.56 Å². The van der Waals surface area contributed by atoms with E-state index in [1.54, 1.807) is 0 Å². The van der Waals surface area contributed by atoms with Gasteiger partial charge < -0.3 is 20.4 Å². The molecule has 3 N–H and O–H groups in total. The molecule has 0 aliphatic carbocycles. The van der Waals surface area contributed by atoms with Gasteiger partial charge in [-0.15, -0.1) is 0 Å². The van der Waals surface area contributed by atoms with Gasteiger partial charge >= 0.3 is 0 Å². The van der Waals surface area contributed by atoms with E-state index < -0.39 is 0 Å². The van der Waals surface area contributed by atoms with Crippen molar-refractivity contribution in [2.45, 2.75) is 32.3 Å². The first-order chi connectivity index (χ1) is 9.28. The normalized spacial score (nSPS) is 16.5. The van der Waals surface area contributed by atoms with Crippen LogP contribution in [0.4, 0.5) is 5.82 Å². The Bertz CT molecular complexity index is 441. The monoisotopic (exact) mass is 266 g/mol. The number of H-pyrrole nitrogens is 1. The summed E-state index contributed by atoms with van der Waals surface area (Å²) in [5, 5.41) is 6.43. The number of aromatic nitrogens is 2. The molecule has 1 aliphatic heterocycles. The van der Waals surface area contributed by atoms with Crippen LogP contribution in [0.25, 0.3) is 0 Å². The summed E-state index contributed by atoms with van der Waals surface area (Å²) in [6.45, 7) is 5.34. The Kier molecular flexibility index (Phi) is 5.35. The largest absolute Gasteiger partial charge is 0.376 e. The number of hydrogen-bond acceptors (Lipinski definition) is 5. The number of nitrogens with one attached hydrogen (secondary N) is 3. The minimum absolute atomic E-state index is 0.117. The summed E-state index contributed by atoms with van der Waals surface area (Å²) in [5.74, 6) is 1.32. The van der Waals surface area contributed by atoms with E-state index >= 15 is 0 Å². The van der Waals surface area contributed by atoms with Crippen molar-refractivity contribution in [3.8, 4) is 0 Å². The van der Waals surface area contributed by atoms with Crippen LogP contribution in [0.5, 0.6) is 0 Å². The standard InChI is InChI=1S/C13H22N4O2/c1-2-11-16-12(9-13(18)17-11)15-7-8-19-10-3-5-14-6-4-10/h9-10,14H,2-8H2,1H3,(H2,15,16,17,18). The third-order valence-electron chi connectivity index (χ3n) is 3.17. The molecule has 2 rings (SSSR count). The van der Waals surface area contributed by atoms with E-state index in [0.29, 0.717) is 30.9 Å². The molecule has 1 fully saturated rings. The molecule has 6 nitrogen and oxygen atoms in total. The molecule has 19 heavy (non-hydrogen) atoms. The molecule has 0 saturated carbocycles. The summed E-state index contributed by atoms with van der Waals surface area (Å²) < 4.78 is 5.78. The summed E-state index contributed by atoms with van der Waals surface area (Å²) in [7, 11) is 0. The van der Waals surface area contributed by atoms with Crippen LogP contribution in [0, 0.1) is 0 Å². The van der Waals surface area contributed by atoms with Crippen molar-refractivity contribution < 1.29 is 4.74 Å². The molecular formula is C13H22N4O2. The van der Waals surface area contributed by atoms with Crippen LogP contribution in [-0.2, 0) is 11.2 Å². The van der Waals surface area contributed by atoms with Crippen molar-refractivity contribution in [2.24, 2.45) is 0 Å². The first kappa shape index (κ1) is 14.0. The fourth-order valence-corrected chi connectivity index (χ4v) is 2.13. The van der Waals surface area contributed by atoms with Crippen molar-refractivity contribution in [3.63, 3.8) is 0 Å². The van der Waals surface area contributed by atoms with Gasteiger partial charge in [0.15, 0.2) is 0 Å². The lowest BCUT2D eigenvalue weighted by atomic mass is 10.1. The second-order valence-corrected chi connectivity index (χ2v) is 4.68. The van der Waals surface area contributed by atoms with Gasteiger partial charge in [0.05, 0.1) is 12.7 Å². The third kappa shape index (κ3) is 4.65. The van der Waals surface area contributed by atoms with Gasteiger partial charge in [0.25, 0.3) is 5.56 Å². The van der Waals surface area contributed by atoms with Crippen molar-refractivity contribution in [2.75, 3.05) is 31.6 Å². The molecule has 0 amide bonds. The SMILES string of the molecule is CCc1nc(NCCOC2CCNCC2)cc(=O)[nH]1. The molecule has 0 bridgehead atoms. The Labute approximate surface area is 113 Å². The van der Waals surface area contributed by atoms with E-state index in [9.17, 15) is 4.79 Å². The van der Waals surface area contributed by atoms with Gasteiger partial charge in [-0.3, -0.25) is 4.79 Å². The maximum atomic E-state index is 11.4. The molecular weight excluding hydrogens is 244 g/mol. The zero-order chi connectivity index (χ0) is 13.5. The lowest BCUT2D eigenvalue weighted by Crippen LogP contribution is -2.33. The van der Waals surface area contributed by atoms with E-state index in [2.05, 4.69) is 20.6 Å². The Hall–Kier alpha value is -1.40. The quantitative estimate of drug-likeness (QED) is 0.654. The van der Waals surface area contributed by atoms with Crippen LogP contribution in [0.2, 0.25) is 0 Å². The number of aromatic amines is 1. The van der Waals surface area contributed by atoms with E-state index in [4.69, 9.17) is 4.74 Å². The number of hydrogen-bond donors (Lipinski definition) is 3. The topological polar surface area (TPSA) is 79.0 Å². The highest BCUT2D eigenvalue weighted by atomic mass is 16.5. The lowest BCUT2D eigenvalue weighted by Gasteiger charge is -2.23. The summed E-state index contributed by atoms with van der Waals surface area (Å²) >= 11 is 0. The zero-order valence-electron chi connectivity index (χ0n) is 11.4. The second-order valence-electron chi connectivity index (χ2n) is 4.68. The molecule has 0 atom stereocenters. The Balaban J connectivity index is 1.73. The highest BCUT2D eigenvalue weighted by Gasteiger charge is 2.12. The molecule has 0 aromatic carbocycles. The lowest BCUT2D eigenvalue weighted by molar-refractivity contribution is 0.0394. The van der Waals surface area contributed by atoms with Gasteiger partial charge in [0.2, 0.25) is 0 Å². The summed E-state index contributed by atoms with van der Waals surface area (Å²) in [5.41, 5.74) is -0.117. The number of aryl methyl sites for hydroxylation is 1. The smallest absolute Gasteiger partial charge is 0.252 e. The maximum absolute atomic E-state index is 11.4. The van der Waals surface area contributed by atoms with Crippen LogP contribution >= 0.6 is 0 Å². The van der Waals surface area contributed by atoms with Crippen LogP contribution in [0.3, 0.4) is 0 Å². The molecule has 6 heteroatoms. The average molecular weight is 266 g/mol. The van der Waals surface area contributed by atoms with E-state index in [1.807, 2.05) is 6.92 Å². The Morgan fingerprint density at radius 2 is 2.26 bits per heavy atom. The number of nitrogens with zero attached hydrogens (tertiary/aromatic N) is 1. The fourth-order valence-electron chi connectivity index (χ4n) is 2.13. The predicted octanol–water partition coefficient (Wildman–Crippen LogP) is 0.513. The molecule has 106 valence electrons. The number of ether oxygens (including phenoxy) is 1. The highest BCUT2D eigenvalue weighted by Crippen LogP contribution is 2.06. The zero-order valence-corrected chi connectivity index (χ0v) is 11.4. The molecule has 1 aliphatic rings. The van der Waals surface area contributed by atoms with Crippen molar-refractivity contribution in [1.29, 1.82) is 0 Å². The molecule has 0 unspecified atom stereocenters. The second kappa shape index (κ2) is 7.25. The van der Waals surface area contributed by atoms with Crippen molar-refractivity contribution >= 4 is 5.82 Å². The number of anilines is 1. The predicted molar refractivity (Wildman–Crippen MR) is 74.6 cm³/mol. The first-order valence-corrected chi connectivity index (χ1v) is 6.94. The van der Waals surface area contributed by atoms with Crippen LogP contribution < -0.4 is 16.2 Å². The third-order valence-corrected chi connectivity index (χ3v) is 3.17. The van der Waals surface area contributed by atoms with Gasteiger partial charge in [0, 0.05) is 19.0 Å². The number of piperidine rings is 1. The molecule has 2 heterocycles. The summed E-state index contributed by atoms with van der Waals surface area (Å²) in [6, 6.07) is 1.48. The fraction of sp³-hybridized carbons (Fsp3) is 0.692. The van der Waals surface area contributed by atoms with Gasteiger partial charge in [0.1, 0.15) is 11.6 Å². The van der Waals surface area contributed by atoms with Gasteiger partial charge in [-0.1, -0.05) is 6.92 Å². The van der Waals surface area contributed by atoms with Crippen molar-refractivity contribution in [3.05, 3.63) is 22.2 Å². The molecule has 1 saturated heterocycles.